The maximum absolute atomic E-state index is 10.3. The van der Waals surface area contributed by atoms with Crippen molar-refractivity contribution in [3.8, 4) is 11.5 Å². The van der Waals surface area contributed by atoms with E-state index in [-0.39, 0.29) is 29.9 Å². The van der Waals surface area contributed by atoms with Gasteiger partial charge in [-0.05, 0) is 61.7 Å². The molecule has 4 atom stereocenters. The van der Waals surface area contributed by atoms with Gasteiger partial charge in [-0.2, -0.15) is 0 Å². The Labute approximate surface area is 222 Å². The van der Waals surface area contributed by atoms with Gasteiger partial charge in [0.1, 0.15) is 11.5 Å². The third-order valence-electron chi connectivity index (χ3n) is 6.66. The van der Waals surface area contributed by atoms with Gasteiger partial charge in [-0.1, -0.05) is 25.1 Å². The van der Waals surface area contributed by atoms with E-state index < -0.39 is 0 Å². The van der Waals surface area contributed by atoms with E-state index in [0.29, 0.717) is 25.5 Å². The number of hydrogen-bond donors (Lipinski definition) is 4. The van der Waals surface area contributed by atoms with E-state index in [9.17, 15) is 5.11 Å². The molecule has 0 bridgehead atoms. The van der Waals surface area contributed by atoms with Crippen molar-refractivity contribution in [1.82, 2.24) is 10.6 Å². The fourth-order valence-electron chi connectivity index (χ4n) is 4.62. The van der Waals surface area contributed by atoms with Gasteiger partial charge in [-0.25, -0.2) is 0 Å². The van der Waals surface area contributed by atoms with Crippen LogP contribution in [-0.4, -0.2) is 77.0 Å². The summed E-state index contributed by atoms with van der Waals surface area (Å²) in [6.07, 6.45) is 1.87. The molecule has 0 saturated carbocycles. The maximum atomic E-state index is 10.3. The van der Waals surface area contributed by atoms with E-state index in [4.69, 9.17) is 18.9 Å². The van der Waals surface area contributed by atoms with Gasteiger partial charge in [0.25, 0.3) is 0 Å². The zero-order chi connectivity index (χ0) is 26.5. The minimum absolute atomic E-state index is 0.0177. The van der Waals surface area contributed by atoms with Gasteiger partial charge in [0.15, 0.2) is 0 Å². The number of nitrogens with one attached hydrogen (secondary N) is 3. The molecule has 206 valence electrons. The second-order valence-electron chi connectivity index (χ2n) is 9.66. The predicted octanol–water partition coefficient (Wildman–Crippen LogP) is 3.89. The fourth-order valence-corrected chi connectivity index (χ4v) is 4.62. The van der Waals surface area contributed by atoms with Gasteiger partial charge < -0.3 is 40.0 Å². The minimum Gasteiger partial charge on any atom is -0.506 e. The number of anilines is 1. The molecule has 0 spiro atoms. The molecule has 0 radical (unpaired) electrons. The molecule has 8 nitrogen and oxygen atoms in total. The van der Waals surface area contributed by atoms with Crippen molar-refractivity contribution in [1.29, 1.82) is 0 Å². The van der Waals surface area contributed by atoms with Crippen LogP contribution in [0.15, 0.2) is 42.5 Å². The molecule has 1 fully saturated rings. The van der Waals surface area contributed by atoms with Crippen LogP contribution < -0.4 is 20.7 Å². The Morgan fingerprint density at radius 3 is 2.49 bits per heavy atom. The van der Waals surface area contributed by atoms with E-state index >= 15 is 0 Å². The second kappa shape index (κ2) is 15.8. The van der Waals surface area contributed by atoms with E-state index in [2.05, 4.69) is 41.9 Å². The van der Waals surface area contributed by atoms with Gasteiger partial charge in [-0.3, -0.25) is 0 Å². The third-order valence-corrected chi connectivity index (χ3v) is 6.66. The summed E-state index contributed by atoms with van der Waals surface area (Å²) in [5, 5.41) is 20.6. The Bertz CT molecular complexity index is 911. The first-order chi connectivity index (χ1) is 18.0. The number of phenols is 1. The Hall–Kier alpha value is -2.36. The number of benzene rings is 2. The molecule has 1 saturated heterocycles. The van der Waals surface area contributed by atoms with Gasteiger partial charge >= 0.3 is 0 Å². The summed E-state index contributed by atoms with van der Waals surface area (Å²) in [7, 11) is 3.37. The predicted molar refractivity (Wildman–Crippen MR) is 148 cm³/mol. The quantitative estimate of drug-likeness (QED) is 0.198. The molecule has 0 amide bonds. The first kappa shape index (κ1) is 29.2. The standard InChI is InChI=1S/C29H45N3O5/c1-5-13-31-21(2)19-36-27-17-30-18-28(29(27)23-8-10-24(35-4)11-9-23)37-20-22-7-12-26(33)25(16-22)32-14-6-15-34-3/h7-12,16,21,27-33H,5-6,13-15,17-20H2,1-4H3/t21-,27-,28+,29?/m1/s1. The number of methoxy groups -OCH3 is 2. The normalized spacial score (nSPS) is 20.5. The molecular weight excluding hydrogens is 470 g/mol. The maximum Gasteiger partial charge on any atom is 0.138 e. The molecule has 1 heterocycles. The van der Waals surface area contributed by atoms with Crippen LogP contribution >= 0.6 is 0 Å². The van der Waals surface area contributed by atoms with E-state index in [1.807, 2.05) is 24.3 Å². The van der Waals surface area contributed by atoms with Crippen LogP contribution in [0.4, 0.5) is 5.69 Å². The van der Waals surface area contributed by atoms with Crippen LogP contribution in [0.5, 0.6) is 11.5 Å². The minimum atomic E-state index is -0.0713. The zero-order valence-electron chi connectivity index (χ0n) is 22.8. The second-order valence-corrected chi connectivity index (χ2v) is 9.66. The molecule has 37 heavy (non-hydrogen) atoms. The first-order valence-electron chi connectivity index (χ1n) is 13.4. The van der Waals surface area contributed by atoms with E-state index in [1.165, 1.54) is 5.56 Å². The lowest BCUT2D eigenvalue weighted by molar-refractivity contribution is -0.0631. The zero-order valence-corrected chi connectivity index (χ0v) is 22.8. The molecule has 4 N–H and O–H groups in total. The molecule has 1 aliphatic rings. The summed E-state index contributed by atoms with van der Waals surface area (Å²) >= 11 is 0. The van der Waals surface area contributed by atoms with Crippen LogP contribution in [0, 0.1) is 0 Å². The van der Waals surface area contributed by atoms with Crippen LogP contribution in [0.25, 0.3) is 0 Å². The first-order valence-corrected chi connectivity index (χ1v) is 13.4. The molecular formula is C29H45N3O5. The van der Waals surface area contributed by atoms with Gasteiger partial charge in [0, 0.05) is 45.3 Å². The Balaban J connectivity index is 1.70. The number of hydrogen-bond acceptors (Lipinski definition) is 8. The molecule has 3 rings (SSSR count). The topological polar surface area (TPSA) is 93.2 Å². The highest BCUT2D eigenvalue weighted by atomic mass is 16.5. The summed E-state index contributed by atoms with van der Waals surface area (Å²) in [6.45, 7) is 9.30. The molecule has 0 aliphatic carbocycles. The average Bonchev–Trinajstić information content (AvgIpc) is 2.93. The number of aromatic hydroxyl groups is 1. The summed E-state index contributed by atoms with van der Waals surface area (Å²) < 4.78 is 23.5. The Morgan fingerprint density at radius 1 is 1.03 bits per heavy atom. The monoisotopic (exact) mass is 515 g/mol. The van der Waals surface area contributed by atoms with Crippen LogP contribution in [0.3, 0.4) is 0 Å². The number of ether oxygens (including phenoxy) is 4. The van der Waals surface area contributed by atoms with Crippen LogP contribution in [0.1, 0.15) is 43.7 Å². The molecule has 8 heteroatoms. The molecule has 1 unspecified atom stereocenters. The molecule has 0 aromatic heterocycles. The lowest BCUT2D eigenvalue weighted by Gasteiger charge is -2.39. The smallest absolute Gasteiger partial charge is 0.138 e. The van der Waals surface area contributed by atoms with Crippen molar-refractivity contribution in [3.63, 3.8) is 0 Å². The van der Waals surface area contributed by atoms with Crippen molar-refractivity contribution in [2.24, 2.45) is 0 Å². The highest BCUT2D eigenvalue weighted by Crippen LogP contribution is 2.32. The fraction of sp³-hybridized carbons (Fsp3) is 0.586. The average molecular weight is 516 g/mol. The van der Waals surface area contributed by atoms with Gasteiger partial charge in [0.05, 0.1) is 38.2 Å². The number of piperidine rings is 1. The van der Waals surface area contributed by atoms with Gasteiger partial charge in [0.2, 0.25) is 0 Å². The van der Waals surface area contributed by atoms with Crippen molar-refractivity contribution >= 4 is 5.69 Å². The SMILES string of the molecule is CCCN[C@H](C)CO[C@@H]1CNC[C@H](OCc2ccc(O)c(NCCCOC)c2)C1c1ccc(OC)cc1. The highest BCUT2D eigenvalue weighted by Gasteiger charge is 2.36. The Morgan fingerprint density at radius 2 is 1.78 bits per heavy atom. The van der Waals surface area contributed by atoms with E-state index in [0.717, 1.165) is 50.3 Å². The Kier molecular flexibility index (Phi) is 12.5. The van der Waals surface area contributed by atoms with Crippen LogP contribution in [-0.2, 0) is 20.8 Å². The van der Waals surface area contributed by atoms with Crippen molar-refractivity contribution < 1.29 is 24.1 Å². The van der Waals surface area contributed by atoms with E-state index in [1.54, 1.807) is 20.3 Å². The number of phenolic OH excluding ortho intramolecular Hbond substituents is 1. The molecule has 1 aliphatic heterocycles. The highest BCUT2D eigenvalue weighted by molar-refractivity contribution is 5.57. The summed E-state index contributed by atoms with van der Waals surface area (Å²) in [6, 6.07) is 14.1. The van der Waals surface area contributed by atoms with Crippen LogP contribution in [0.2, 0.25) is 0 Å². The lowest BCUT2D eigenvalue weighted by atomic mass is 9.85. The largest absolute Gasteiger partial charge is 0.506 e. The molecule has 2 aromatic rings. The third kappa shape index (κ3) is 9.16. The summed E-state index contributed by atoms with van der Waals surface area (Å²) in [5.74, 6) is 1.14. The van der Waals surface area contributed by atoms with Crippen molar-refractivity contribution in [2.45, 2.75) is 57.5 Å². The van der Waals surface area contributed by atoms with Gasteiger partial charge in [-0.15, -0.1) is 0 Å². The lowest BCUT2D eigenvalue weighted by Crippen LogP contribution is -2.51. The molecule has 2 aromatic carbocycles. The van der Waals surface area contributed by atoms with Crippen molar-refractivity contribution in [2.75, 3.05) is 58.9 Å². The summed E-state index contributed by atoms with van der Waals surface area (Å²) in [4.78, 5) is 0. The summed E-state index contributed by atoms with van der Waals surface area (Å²) in [5.41, 5.74) is 2.89. The number of rotatable bonds is 16. The van der Waals surface area contributed by atoms with Crippen molar-refractivity contribution in [3.05, 3.63) is 53.6 Å².